The van der Waals surface area contributed by atoms with Gasteiger partial charge >= 0.3 is 0 Å². The molecule has 5 fully saturated rings. The smallest absolute Gasteiger partial charge is 0.245 e. The minimum absolute atomic E-state index is 0.0261. The number of benzene rings is 1. The molecule has 5 aliphatic rings. The summed E-state index contributed by atoms with van der Waals surface area (Å²) in [7, 11) is 2.03. The molecule has 1 aromatic carbocycles. The second kappa shape index (κ2) is 13.7. The zero-order valence-electron chi connectivity index (χ0n) is 28.5. The van der Waals surface area contributed by atoms with E-state index in [-0.39, 0.29) is 43.0 Å². The third kappa shape index (κ3) is 7.08. The van der Waals surface area contributed by atoms with Gasteiger partial charge in [-0.2, -0.15) is 0 Å². The Hall–Kier alpha value is -2.63. The number of likely N-dealkylation sites (tertiary alicyclic amines) is 2. The monoisotopic (exact) mass is 657 g/mol. The summed E-state index contributed by atoms with van der Waals surface area (Å²) in [5.41, 5.74) is -0.665. The first kappa shape index (κ1) is 34.2. The number of aliphatic hydroxyl groups excluding tert-OH is 1. The molecule has 6 rings (SSSR count). The molecule has 11 heteroatoms. The Kier molecular flexibility index (Phi) is 9.99. The third-order valence-corrected chi connectivity index (χ3v) is 11.7. The standard InChI is InChI=1S/C36H53F2N5O4/c1-23-5-8-26(9-6-23)43(35(47)36(2,3)22-44)27-18-32(34(46)40-15-13-39(4)14-16-40)42(19-27)33(45)30-21-41(25-10-11-25)20-29(30)28-12-7-24(37)17-31(28)38/h7,12,17,23,25-27,29-30,32,44H,5-6,8-11,13-16,18-22H2,1-4H3/t23-,26+,27-,29-,30+,32-/m0/s1. The number of nitrogens with zero attached hydrogens (tertiary/aromatic N) is 5. The van der Waals surface area contributed by atoms with Crippen molar-refractivity contribution in [3.8, 4) is 0 Å². The van der Waals surface area contributed by atoms with Gasteiger partial charge < -0.3 is 24.7 Å². The van der Waals surface area contributed by atoms with Crippen LogP contribution in [0.1, 0.15) is 77.2 Å². The number of hydrogen-bond acceptors (Lipinski definition) is 6. The van der Waals surface area contributed by atoms with Crippen molar-refractivity contribution in [1.82, 2.24) is 24.5 Å². The molecular weight excluding hydrogens is 604 g/mol. The van der Waals surface area contributed by atoms with Crippen LogP contribution in [0.2, 0.25) is 0 Å². The van der Waals surface area contributed by atoms with E-state index in [1.807, 2.05) is 16.8 Å². The first-order chi connectivity index (χ1) is 22.4. The second-order valence-corrected chi connectivity index (χ2v) is 15.8. The zero-order chi connectivity index (χ0) is 33.6. The molecule has 3 aliphatic heterocycles. The number of hydrogen-bond donors (Lipinski definition) is 1. The van der Waals surface area contributed by atoms with E-state index < -0.39 is 34.9 Å². The number of rotatable bonds is 8. The van der Waals surface area contributed by atoms with Gasteiger partial charge in [0.2, 0.25) is 17.7 Å². The van der Waals surface area contributed by atoms with Crippen molar-refractivity contribution in [2.75, 3.05) is 59.5 Å². The lowest BCUT2D eigenvalue weighted by Crippen LogP contribution is -2.55. The molecule has 0 radical (unpaired) electrons. The number of halogens is 2. The number of piperazine rings is 1. The molecule has 47 heavy (non-hydrogen) atoms. The van der Waals surface area contributed by atoms with Gasteiger partial charge in [-0.1, -0.05) is 13.0 Å². The average molecular weight is 658 g/mol. The molecule has 3 heterocycles. The van der Waals surface area contributed by atoms with E-state index in [1.165, 1.54) is 12.1 Å². The van der Waals surface area contributed by atoms with E-state index in [2.05, 4.69) is 16.7 Å². The minimum Gasteiger partial charge on any atom is -0.395 e. The van der Waals surface area contributed by atoms with Gasteiger partial charge in [0.1, 0.15) is 17.7 Å². The lowest BCUT2D eigenvalue weighted by atomic mass is 9.83. The molecule has 9 nitrogen and oxygen atoms in total. The van der Waals surface area contributed by atoms with Crippen LogP contribution in [0.15, 0.2) is 18.2 Å². The van der Waals surface area contributed by atoms with Gasteiger partial charge in [0, 0.05) is 69.9 Å². The van der Waals surface area contributed by atoms with E-state index in [0.717, 1.165) is 57.7 Å². The molecule has 3 amide bonds. The molecule has 2 saturated carbocycles. The van der Waals surface area contributed by atoms with Crippen molar-refractivity contribution in [3.05, 3.63) is 35.4 Å². The normalized spacial score (nSPS) is 31.0. The molecule has 0 unspecified atom stereocenters. The number of amides is 3. The Bertz CT molecular complexity index is 1320. The third-order valence-electron chi connectivity index (χ3n) is 11.7. The molecule has 2 aliphatic carbocycles. The van der Waals surface area contributed by atoms with Crippen molar-refractivity contribution >= 4 is 17.7 Å². The van der Waals surface area contributed by atoms with Gasteiger partial charge in [-0.05, 0) is 83.4 Å². The Morgan fingerprint density at radius 3 is 2.21 bits per heavy atom. The Balaban J connectivity index is 1.33. The molecular formula is C36H53F2N5O4. The maximum Gasteiger partial charge on any atom is 0.245 e. The van der Waals surface area contributed by atoms with Crippen molar-refractivity contribution < 1.29 is 28.3 Å². The molecule has 3 saturated heterocycles. The van der Waals surface area contributed by atoms with E-state index >= 15 is 4.39 Å². The van der Waals surface area contributed by atoms with Crippen molar-refractivity contribution in [2.24, 2.45) is 17.3 Å². The van der Waals surface area contributed by atoms with Crippen LogP contribution in [0.3, 0.4) is 0 Å². The predicted octanol–water partition coefficient (Wildman–Crippen LogP) is 3.31. The first-order valence-electron chi connectivity index (χ1n) is 17.8. The van der Waals surface area contributed by atoms with Crippen LogP contribution in [0.5, 0.6) is 0 Å². The van der Waals surface area contributed by atoms with Crippen LogP contribution in [0, 0.1) is 28.9 Å². The maximum absolute atomic E-state index is 15.3. The number of aliphatic hydroxyl groups is 1. The second-order valence-electron chi connectivity index (χ2n) is 15.8. The SMILES string of the molecule is CN1CCN(C(=O)[C@@H]2C[C@H](N(C(=O)C(C)(C)CO)[C@H]3CC[C@@H](C)CC3)CN2C(=O)[C@@H]2CN(C3CC3)C[C@H]2c2ccc(F)cc2F)CC1. The van der Waals surface area contributed by atoms with Crippen LogP contribution in [-0.4, -0.2) is 131 Å². The number of carbonyl (C=O) groups excluding carboxylic acids is 3. The number of likely N-dealkylation sites (N-methyl/N-ethyl adjacent to an activating group) is 1. The van der Waals surface area contributed by atoms with Crippen molar-refractivity contribution in [3.63, 3.8) is 0 Å². The van der Waals surface area contributed by atoms with E-state index in [1.54, 1.807) is 18.7 Å². The molecule has 260 valence electrons. The highest BCUT2D eigenvalue weighted by Crippen LogP contribution is 2.43. The number of carbonyl (C=O) groups is 3. The Labute approximate surface area is 278 Å². The van der Waals surface area contributed by atoms with E-state index in [4.69, 9.17) is 0 Å². The summed E-state index contributed by atoms with van der Waals surface area (Å²) in [5, 5.41) is 10.2. The quantitative estimate of drug-likeness (QED) is 0.462. The maximum atomic E-state index is 15.3. The lowest BCUT2D eigenvalue weighted by Gasteiger charge is -2.43. The molecule has 0 aromatic heterocycles. The molecule has 1 N–H and O–H groups in total. The minimum atomic E-state index is -1.00. The highest BCUT2D eigenvalue weighted by atomic mass is 19.1. The Morgan fingerprint density at radius 2 is 1.60 bits per heavy atom. The highest BCUT2D eigenvalue weighted by Gasteiger charge is 2.52. The van der Waals surface area contributed by atoms with Gasteiger partial charge in [-0.3, -0.25) is 19.3 Å². The summed E-state index contributed by atoms with van der Waals surface area (Å²) in [6.45, 7) is 9.27. The van der Waals surface area contributed by atoms with Crippen molar-refractivity contribution in [2.45, 2.75) is 95.8 Å². The summed E-state index contributed by atoms with van der Waals surface area (Å²) in [6.07, 6.45) is 6.10. The molecule has 1 aromatic rings. The van der Waals surface area contributed by atoms with E-state index in [9.17, 15) is 23.9 Å². The Morgan fingerprint density at radius 1 is 0.915 bits per heavy atom. The van der Waals surface area contributed by atoms with Crippen LogP contribution >= 0.6 is 0 Å². The fourth-order valence-electron chi connectivity index (χ4n) is 8.45. The molecule has 0 spiro atoms. The van der Waals surface area contributed by atoms with Gasteiger partial charge in [0.25, 0.3) is 0 Å². The summed E-state index contributed by atoms with van der Waals surface area (Å²) < 4.78 is 29.2. The fourth-order valence-corrected chi connectivity index (χ4v) is 8.45. The van der Waals surface area contributed by atoms with Gasteiger partial charge in [0.05, 0.1) is 24.0 Å². The zero-order valence-corrected chi connectivity index (χ0v) is 28.5. The summed E-state index contributed by atoms with van der Waals surface area (Å²) in [4.78, 5) is 53.3. The van der Waals surface area contributed by atoms with Crippen LogP contribution in [0.25, 0.3) is 0 Å². The summed E-state index contributed by atoms with van der Waals surface area (Å²) in [6, 6.07) is 2.83. The van der Waals surface area contributed by atoms with Crippen LogP contribution in [0.4, 0.5) is 8.78 Å². The summed E-state index contributed by atoms with van der Waals surface area (Å²) in [5.74, 6) is -2.22. The largest absolute Gasteiger partial charge is 0.395 e. The summed E-state index contributed by atoms with van der Waals surface area (Å²) >= 11 is 0. The highest BCUT2D eigenvalue weighted by molar-refractivity contribution is 5.91. The van der Waals surface area contributed by atoms with Crippen molar-refractivity contribution in [1.29, 1.82) is 0 Å². The molecule has 0 bridgehead atoms. The lowest BCUT2D eigenvalue weighted by molar-refractivity contribution is -0.149. The van der Waals surface area contributed by atoms with Gasteiger partial charge in [-0.15, -0.1) is 0 Å². The van der Waals surface area contributed by atoms with E-state index in [0.29, 0.717) is 50.1 Å². The average Bonchev–Trinajstić information content (AvgIpc) is 3.66. The predicted molar refractivity (Wildman–Crippen MR) is 174 cm³/mol. The van der Waals surface area contributed by atoms with Gasteiger partial charge in [0.15, 0.2) is 0 Å². The molecule has 4 atom stereocenters. The fraction of sp³-hybridized carbons (Fsp3) is 0.750. The van der Waals surface area contributed by atoms with Crippen LogP contribution < -0.4 is 0 Å². The first-order valence-corrected chi connectivity index (χ1v) is 17.8. The van der Waals surface area contributed by atoms with Gasteiger partial charge in [-0.25, -0.2) is 8.78 Å². The topological polar surface area (TPSA) is 87.6 Å². The van der Waals surface area contributed by atoms with Crippen LogP contribution in [-0.2, 0) is 14.4 Å².